The second-order valence-corrected chi connectivity index (χ2v) is 10.6. The summed E-state index contributed by atoms with van der Waals surface area (Å²) in [5, 5.41) is 2.96. The molecule has 1 N–H and O–H groups in total. The molecule has 7 nitrogen and oxygen atoms in total. The number of benzene rings is 3. The molecule has 1 amide bonds. The minimum absolute atomic E-state index is 0.0421. The SMILES string of the molecule is COc1ccc(C(=O)NC[C@@H](Cc2ccccc2)N(C)C)cc1S(=O)(=O)N(C)Cc1ccccc1. The van der Waals surface area contributed by atoms with Crippen molar-refractivity contribution in [1.29, 1.82) is 0 Å². The highest BCUT2D eigenvalue weighted by Gasteiger charge is 2.26. The molecule has 0 fully saturated rings. The Kier molecular flexibility index (Phi) is 9.03. The van der Waals surface area contributed by atoms with Crippen molar-refractivity contribution in [3.8, 4) is 5.75 Å². The fraction of sp³-hybridized carbons (Fsp3) is 0.296. The van der Waals surface area contributed by atoms with E-state index in [1.807, 2.05) is 62.6 Å². The van der Waals surface area contributed by atoms with Crippen molar-refractivity contribution < 1.29 is 17.9 Å². The third-order valence-corrected chi connectivity index (χ3v) is 7.73. The number of amides is 1. The van der Waals surface area contributed by atoms with Crippen LogP contribution in [-0.4, -0.2) is 64.4 Å². The second kappa shape index (κ2) is 12.0. The minimum Gasteiger partial charge on any atom is -0.495 e. The van der Waals surface area contributed by atoms with E-state index in [0.717, 1.165) is 12.0 Å². The van der Waals surface area contributed by atoms with Crippen molar-refractivity contribution in [2.45, 2.75) is 23.9 Å². The Labute approximate surface area is 208 Å². The Balaban J connectivity index is 1.77. The minimum atomic E-state index is -3.90. The Morgan fingerprint density at radius 2 is 1.51 bits per heavy atom. The predicted octanol–water partition coefficient (Wildman–Crippen LogP) is 3.42. The molecule has 0 bridgehead atoms. The highest BCUT2D eigenvalue weighted by molar-refractivity contribution is 7.89. The molecule has 0 aromatic heterocycles. The first kappa shape index (κ1) is 26.4. The first-order valence-electron chi connectivity index (χ1n) is 11.4. The van der Waals surface area contributed by atoms with Gasteiger partial charge in [0, 0.05) is 31.7 Å². The first-order valence-corrected chi connectivity index (χ1v) is 12.8. The standard InChI is InChI=1S/C27H33N3O4S/c1-29(2)24(17-21-11-7-5-8-12-21)19-28-27(31)23-15-16-25(34-4)26(18-23)35(32,33)30(3)20-22-13-9-6-10-14-22/h5-16,18,24H,17,19-20H2,1-4H3,(H,28,31)/t24-/m1/s1. The summed E-state index contributed by atoms with van der Waals surface area (Å²) < 4.78 is 33.3. The second-order valence-electron chi connectivity index (χ2n) is 8.63. The van der Waals surface area contributed by atoms with Crippen LogP contribution in [0.2, 0.25) is 0 Å². The first-order chi connectivity index (χ1) is 16.7. The molecule has 0 saturated carbocycles. The summed E-state index contributed by atoms with van der Waals surface area (Å²) in [4.78, 5) is 15.0. The van der Waals surface area contributed by atoms with Crippen LogP contribution in [0.1, 0.15) is 21.5 Å². The van der Waals surface area contributed by atoms with Crippen molar-refractivity contribution in [3.63, 3.8) is 0 Å². The lowest BCUT2D eigenvalue weighted by Crippen LogP contribution is -2.41. The van der Waals surface area contributed by atoms with E-state index in [2.05, 4.69) is 22.3 Å². The fourth-order valence-electron chi connectivity index (χ4n) is 3.75. The van der Waals surface area contributed by atoms with E-state index in [1.54, 1.807) is 6.07 Å². The van der Waals surface area contributed by atoms with Gasteiger partial charge in [0.15, 0.2) is 0 Å². The lowest BCUT2D eigenvalue weighted by molar-refractivity contribution is 0.0941. The molecule has 8 heteroatoms. The van der Waals surface area contributed by atoms with Crippen LogP contribution >= 0.6 is 0 Å². The monoisotopic (exact) mass is 495 g/mol. The number of rotatable bonds is 11. The van der Waals surface area contributed by atoms with E-state index >= 15 is 0 Å². The van der Waals surface area contributed by atoms with Crippen molar-refractivity contribution in [2.24, 2.45) is 0 Å². The van der Waals surface area contributed by atoms with Gasteiger partial charge in [-0.25, -0.2) is 8.42 Å². The summed E-state index contributed by atoms with van der Waals surface area (Å²) >= 11 is 0. The highest BCUT2D eigenvalue weighted by atomic mass is 32.2. The van der Waals surface area contributed by atoms with Crippen molar-refractivity contribution in [1.82, 2.24) is 14.5 Å². The van der Waals surface area contributed by atoms with Crippen LogP contribution in [0.15, 0.2) is 83.8 Å². The molecule has 0 radical (unpaired) electrons. The van der Waals surface area contributed by atoms with E-state index < -0.39 is 10.0 Å². The van der Waals surface area contributed by atoms with Crippen LogP contribution in [0, 0.1) is 0 Å². The summed E-state index contributed by atoms with van der Waals surface area (Å²) in [6.07, 6.45) is 0.778. The van der Waals surface area contributed by atoms with Crippen LogP contribution in [0.5, 0.6) is 5.75 Å². The molecule has 0 aliphatic rings. The van der Waals surface area contributed by atoms with Crippen molar-refractivity contribution >= 4 is 15.9 Å². The average molecular weight is 496 g/mol. The van der Waals surface area contributed by atoms with Crippen LogP contribution in [-0.2, 0) is 23.0 Å². The van der Waals surface area contributed by atoms with E-state index in [4.69, 9.17) is 4.74 Å². The average Bonchev–Trinajstić information content (AvgIpc) is 2.86. The Hall–Kier alpha value is -3.20. The van der Waals surface area contributed by atoms with Gasteiger partial charge in [-0.3, -0.25) is 4.79 Å². The van der Waals surface area contributed by atoms with E-state index in [0.29, 0.717) is 6.54 Å². The number of nitrogens with zero attached hydrogens (tertiary/aromatic N) is 2. The maximum absolute atomic E-state index is 13.4. The molecule has 1 atom stereocenters. The molecule has 35 heavy (non-hydrogen) atoms. The molecule has 3 aromatic carbocycles. The Bertz CT molecular complexity index is 1220. The molecule has 0 spiro atoms. The topological polar surface area (TPSA) is 79.0 Å². The maximum atomic E-state index is 13.4. The summed E-state index contributed by atoms with van der Waals surface area (Å²) in [5.41, 5.74) is 2.30. The molecule has 0 aliphatic heterocycles. The molecule has 3 rings (SSSR count). The van der Waals surface area contributed by atoms with Gasteiger partial charge in [0.25, 0.3) is 5.91 Å². The third-order valence-electron chi connectivity index (χ3n) is 5.90. The van der Waals surface area contributed by atoms with Gasteiger partial charge in [0.2, 0.25) is 10.0 Å². The van der Waals surface area contributed by atoms with Crippen LogP contribution in [0.4, 0.5) is 0 Å². The molecule has 0 aliphatic carbocycles. The lowest BCUT2D eigenvalue weighted by atomic mass is 10.0. The van der Waals surface area contributed by atoms with Crippen LogP contribution in [0.3, 0.4) is 0 Å². The fourth-order valence-corrected chi connectivity index (χ4v) is 5.09. The molecule has 0 saturated heterocycles. The van der Waals surface area contributed by atoms with Gasteiger partial charge in [-0.1, -0.05) is 60.7 Å². The summed E-state index contributed by atoms with van der Waals surface area (Å²) in [5.74, 6) is -0.147. The zero-order valence-electron chi connectivity index (χ0n) is 20.6. The van der Waals surface area contributed by atoms with Gasteiger partial charge in [0.05, 0.1) is 7.11 Å². The van der Waals surface area contributed by atoms with E-state index in [-0.39, 0.29) is 34.7 Å². The molecular weight excluding hydrogens is 462 g/mol. The summed E-state index contributed by atoms with van der Waals surface area (Å²) in [6.45, 7) is 0.621. The zero-order chi connectivity index (χ0) is 25.4. The Morgan fingerprint density at radius 3 is 2.09 bits per heavy atom. The Morgan fingerprint density at radius 1 is 0.914 bits per heavy atom. The third kappa shape index (κ3) is 6.91. The lowest BCUT2D eigenvalue weighted by Gasteiger charge is -2.25. The van der Waals surface area contributed by atoms with Gasteiger partial charge in [-0.2, -0.15) is 4.31 Å². The number of sulfonamides is 1. The maximum Gasteiger partial charge on any atom is 0.251 e. The van der Waals surface area contributed by atoms with Crippen molar-refractivity contribution in [3.05, 3.63) is 95.6 Å². The number of ether oxygens (including phenoxy) is 1. The largest absolute Gasteiger partial charge is 0.495 e. The van der Waals surface area contributed by atoms with Crippen LogP contribution < -0.4 is 10.1 Å². The number of nitrogens with one attached hydrogen (secondary N) is 1. The van der Waals surface area contributed by atoms with Gasteiger partial charge in [0.1, 0.15) is 10.6 Å². The molecule has 0 heterocycles. The van der Waals surface area contributed by atoms with Gasteiger partial charge < -0.3 is 15.0 Å². The number of hydrogen-bond acceptors (Lipinski definition) is 5. The smallest absolute Gasteiger partial charge is 0.251 e. The number of carbonyl (C=O) groups excluding carboxylic acids is 1. The summed E-state index contributed by atoms with van der Waals surface area (Å²) in [7, 11) is 2.97. The van der Waals surface area contributed by atoms with Gasteiger partial charge in [-0.15, -0.1) is 0 Å². The predicted molar refractivity (Wildman–Crippen MR) is 138 cm³/mol. The van der Waals surface area contributed by atoms with Gasteiger partial charge in [-0.05, 0) is 49.8 Å². The number of methoxy groups -OCH3 is 1. The van der Waals surface area contributed by atoms with Gasteiger partial charge >= 0.3 is 0 Å². The number of carbonyl (C=O) groups is 1. The number of likely N-dealkylation sites (N-methyl/N-ethyl adjacent to an activating group) is 1. The quantitative estimate of drug-likeness (QED) is 0.441. The van der Waals surface area contributed by atoms with Crippen LogP contribution in [0.25, 0.3) is 0 Å². The molecule has 3 aromatic rings. The van der Waals surface area contributed by atoms with Crippen molar-refractivity contribution in [2.75, 3.05) is 34.8 Å². The normalized spacial score (nSPS) is 12.5. The molecule has 0 unspecified atom stereocenters. The number of hydrogen-bond donors (Lipinski definition) is 1. The summed E-state index contributed by atoms with van der Waals surface area (Å²) in [6, 6.07) is 24.0. The van der Waals surface area contributed by atoms with E-state index in [1.165, 1.54) is 36.2 Å². The van der Waals surface area contributed by atoms with E-state index in [9.17, 15) is 13.2 Å². The molecular formula is C27H33N3O4S. The zero-order valence-corrected chi connectivity index (χ0v) is 21.5. The molecule has 186 valence electrons. The highest BCUT2D eigenvalue weighted by Crippen LogP contribution is 2.28.